The number of rotatable bonds is 4. The van der Waals surface area contributed by atoms with E-state index in [1.54, 1.807) is 0 Å². The number of allylic oxidation sites excluding steroid dienone is 2. The van der Waals surface area contributed by atoms with Crippen molar-refractivity contribution in [1.29, 1.82) is 0 Å². The number of likely N-dealkylation sites (tertiary alicyclic amines) is 1. The molecular formula is C19H16N2O4S. The van der Waals surface area contributed by atoms with Crippen LogP contribution in [0.25, 0.3) is 10.2 Å². The van der Waals surface area contributed by atoms with Gasteiger partial charge in [0.2, 0.25) is 11.8 Å². The average Bonchev–Trinajstić information content (AvgIpc) is 3.39. The second-order valence-electron chi connectivity index (χ2n) is 7.00. The van der Waals surface area contributed by atoms with Gasteiger partial charge in [0, 0.05) is 0 Å². The lowest BCUT2D eigenvalue weighted by Gasteiger charge is -2.16. The second-order valence-corrected chi connectivity index (χ2v) is 8.11. The zero-order valence-corrected chi connectivity index (χ0v) is 14.6. The van der Waals surface area contributed by atoms with Crippen molar-refractivity contribution in [2.45, 2.75) is 13.0 Å². The van der Waals surface area contributed by atoms with Gasteiger partial charge in [-0.3, -0.25) is 19.3 Å². The minimum atomic E-state index is -0.578. The van der Waals surface area contributed by atoms with Crippen molar-refractivity contribution in [3.05, 3.63) is 41.4 Å². The van der Waals surface area contributed by atoms with Crippen molar-refractivity contribution in [1.82, 2.24) is 9.88 Å². The van der Waals surface area contributed by atoms with Gasteiger partial charge in [-0.1, -0.05) is 24.3 Å². The maximum atomic E-state index is 12.6. The zero-order valence-electron chi connectivity index (χ0n) is 13.8. The van der Waals surface area contributed by atoms with Gasteiger partial charge in [-0.15, -0.1) is 11.3 Å². The minimum Gasteiger partial charge on any atom is -0.457 e. The molecule has 5 rings (SSSR count). The van der Waals surface area contributed by atoms with Gasteiger partial charge in [0.25, 0.3) is 0 Å². The highest BCUT2D eigenvalue weighted by molar-refractivity contribution is 7.18. The van der Waals surface area contributed by atoms with E-state index in [4.69, 9.17) is 4.74 Å². The fourth-order valence-corrected chi connectivity index (χ4v) is 5.30. The number of carbonyl (C=O) groups excluding carboxylic acids is 3. The smallest absolute Gasteiger partial charge is 0.326 e. The quantitative estimate of drug-likeness (QED) is 0.469. The Kier molecular flexibility index (Phi) is 3.46. The van der Waals surface area contributed by atoms with Crippen LogP contribution in [0, 0.1) is 23.7 Å². The number of esters is 1. The van der Waals surface area contributed by atoms with E-state index < -0.39 is 5.97 Å². The molecule has 2 bridgehead atoms. The number of imide groups is 1. The molecule has 0 spiro atoms. The number of carbonyl (C=O) groups is 3. The third-order valence-corrected chi connectivity index (χ3v) is 6.55. The highest BCUT2D eigenvalue weighted by atomic mass is 32.1. The number of fused-ring (bicyclic) bond motifs is 6. The van der Waals surface area contributed by atoms with E-state index in [9.17, 15) is 14.4 Å². The van der Waals surface area contributed by atoms with Crippen LogP contribution in [0.5, 0.6) is 0 Å². The first kappa shape index (κ1) is 15.7. The number of aromatic nitrogens is 1. The van der Waals surface area contributed by atoms with Crippen molar-refractivity contribution in [3.63, 3.8) is 0 Å². The minimum absolute atomic E-state index is 0.0497. The molecule has 2 fully saturated rings. The van der Waals surface area contributed by atoms with E-state index in [0.717, 1.165) is 21.5 Å². The molecule has 0 radical (unpaired) electrons. The maximum absolute atomic E-state index is 12.6. The first-order valence-electron chi connectivity index (χ1n) is 8.65. The molecule has 7 heteroatoms. The molecule has 6 nitrogen and oxygen atoms in total. The third-order valence-electron chi connectivity index (χ3n) is 5.54. The van der Waals surface area contributed by atoms with Crippen LogP contribution in [-0.4, -0.2) is 34.2 Å². The molecule has 4 atom stereocenters. The number of hydrogen-bond donors (Lipinski definition) is 0. The van der Waals surface area contributed by atoms with E-state index in [0.29, 0.717) is 5.01 Å². The van der Waals surface area contributed by atoms with Crippen LogP contribution in [0.3, 0.4) is 0 Å². The number of benzene rings is 1. The number of para-hydroxylation sites is 1. The summed E-state index contributed by atoms with van der Waals surface area (Å²) in [5.74, 6) is -1.31. The molecule has 1 aromatic carbocycles. The van der Waals surface area contributed by atoms with Gasteiger partial charge in [0.05, 0.1) is 22.1 Å². The van der Waals surface area contributed by atoms with E-state index in [-0.39, 0.29) is 48.6 Å². The SMILES string of the molecule is O=C(CN1C(=O)[C@@H]2[C@H](C1=O)[C@H]1C=C[C@H]2C1)OCc1nc2ccccc2s1. The van der Waals surface area contributed by atoms with Crippen LogP contribution in [-0.2, 0) is 25.7 Å². The number of amides is 2. The molecule has 2 aliphatic carbocycles. The van der Waals surface area contributed by atoms with E-state index in [1.807, 2.05) is 36.4 Å². The fourth-order valence-electron chi connectivity index (χ4n) is 4.42. The number of thiazole rings is 1. The van der Waals surface area contributed by atoms with Crippen LogP contribution in [0.2, 0.25) is 0 Å². The van der Waals surface area contributed by atoms with Gasteiger partial charge in [-0.2, -0.15) is 0 Å². The monoisotopic (exact) mass is 368 g/mol. The lowest BCUT2D eigenvalue weighted by atomic mass is 9.85. The van der Waals surface area contributed by atoms with Gasteiger partial charge in [0.1, 0.15) is 18.2 Å². The van der Waals surface area contributed by atoms with Crippen molar-refractivity contribution in [2.75, 3.05) is 6.54 Å². The van der Waals surface area contributed by atoms with Crippen molar-refractivity contribution in [3.8, 4) is 0 Å². The molecular weight excluding hydrogens is 352 g/mol. The van der Waals surface area contributed by atoms with Crippen LogP contribution in [0.1, 0.15) is 11.4 Å². The largest absolute Gasteiger partial charge is 0.457 e. The molecule has 1 saturated heterocycles. The first-order chi connectivity index (χ1) is 12.6. The standard InChI is InChI=1S/C19H16N2O4S/c22-15(25-9-14-20-12-3-1-2-4-13(12)26-14)8-21-18(23)16-10-5-6-11(7-10)17(16)19(21)24/h1-6,10-11,16-17H,7-9H2/t10-,11-,16-,17+/m0/s1. The fraction of sp³-hybridized carbons (Fsp3) is 0.368. The number of ether oxygens (including phenoxy) is 1. The normalized spacial score (nSPS) is 29.0. The Morgan fingerprint density at radius 2 is 1.85 bits per heavy atom. The molecule has 1 aromatic heterocycles. The van der Waals surface area contributed by atoms with Gasteiger partial charge in [-0.05, 0) is 30.4 Å². The van der Waals surface area contributed by atoms with Gasteiger partial charge < -0.3 is 4.74 Å². The predicted molar refractivity (Wildman–Crippen MR) is 93.9 cm³/mol. The Balaban J connectivity index is 1.23. The third kappa shape index (κ3) is 2.30. The van der Waals surface area contributed by atoms with Crippen molar-refractivity contribution in [2.24, 2.45) is 23.7 Å². The highest BCUT2D eigenvalue weighted by Gasteiger charge is 2.59. The summed E-state index contributed by atoms with van der Waals surface area (Å²) in [7, 11) is 0. The van der Waals surface area contributed by atoms with E-state index >= 15 is 0 Å². The summed E-state index contributed by atoms with van der Waals surface area (Å²) in [6.45, 7) is -0.261. The van der Waals surface area contributed by atoms with Crippen molar-refractivity contribution >= 4 is 39.3 Å². The maximum Gasteiger partial charge on any atom is 0.326 e. The Morgan fingerprint density at radius 1 is 1.15 bits per heavy atom. The summed E-state index contributed by atoms with van der Waals surface area (Å²) in [6, 6.07) is 7.70. The van der Waals surface area contributed by atoms with Gasteiger partial charge >= 0.3 is 5.97 Å². The van der Waals surface area contributed by atoms with Crippen LogP contribution >= 0.6 is 11.3 Å². The molecule has 1 saturated carbocycles. The zero-order chi connectivity index (χ0) is 17.8. The van der Waals surface area contributed by atoms with Crippen LogP contribution in [0.15, 0.2) is 36.4 Å². The Morgan fingerprint density at radius 3 is 2.54 bits per heavy atom. The summed E-state index contributed by atoms with van der Waals surface area (Å²) in [4.78, 5) is 42.8. The first-order valence-corrected chi connectivity index (χ1v) is 9.47. The van der Waals surface area contributed by atoms with E-state index in [1.165, 1.54) is 11.3 Å². The predicted octanol–water partition coefficient (Wildman–Crippen LogP) is 2.15. The highest BCUT2D eigenvalue weighted by Crippen LogP contribution is 2.52. The molecule has 2 heterocycles. The molecule has 2 aromatic rings. The molecule has 0 unspecified atom stereocenters. The topological polar surface area (TPSA) is 76.6 Å². The lowest BCUT2D eigenvalue weighted by Crippen LogP contribution is -2.37. The number of nitrogens with zero attached hydrogens (tertiary/aromatic N) is 2. The summed E-state index contributed by atoms with van der Waals surface area (Å²) in [6.07, 6.45) is 4.95. The van der Waals surface area contributed by atoms with Crippen LogP contribution in [0.4, 0.5) is 0 Å². The molecule has 2 amide bonds. The molecule has 3 aliphatic rings. The van der Waals surface area contributed by atoms with E-state index in [2.05, 4.69) is 4.98 Å². The van der Waals surface area contributed by atoms with Crippen LogP contribution < -0.4 is 0 Å². The summed E-state index contributed by atoms with van der Waals surface area (Å²) >= 11 is 1.46. The second kappa shape index (κ2) is 5.74. The summed E-state index contributed by atoms with van der Waals surface area (Å²) in [5, 5.41) is 0.692. The Bertz CT molecular complexity index is 902. The summed E-state index contributed by atoms with van der Waals surface area (Å²) < 4.78 is 6.28. The molecule has 26 heavy (non-hydrogen) atoms. The lowest BCUT2D eigenvalue weighted by molar-refractivity contribution is -0.154. The molecule has 132 valence electrons. The average molecular weight is 368 g/mol. The molecule has 1 aliphatic heterocycles. The van der Waals surface area contributed by atoms with Gasteiger partial charge in [-0.25, -0.2) is 4.98 Å². The number of hydrogen-bond acceptors (Lipinski definition) is 6. The summed E-state index contributed by atoms with van der Waals surface area (Å²) in [5.41, 5.74) is 0.865. The van der Waals surface area contributed by atoms with Crippen molar-refractivity contribution < 1.29 is 19.1 Å². The Hall–Kier alpha value is -2.54. The van der Waals surface area contributed by atoms with Gasteiger partial charge in [0.15, 0.2) is 0 Å². The molecule has 0 N–H and O–H groups in total. The Labute approximate surface area is 153 Å².